The fourth-order valence-corrected chi connectivity index (χ4v) is 1.80. The van der Waals surface area contributed by atoms with E-state index in [0.29, 0.717) is 5.56 Å². The van der Waals surface area contributed by atoms with Crippen LogP contribution in [0.5, 0.6) is 0 Å². The lowest BCUT2D eigenvalue weighted by Gasteiger charge is -2.09. The molecule has 0 aliphatic heterocycles. The lowest BCUT2D eigenvalue weighted by Crippen LogP contribution is -2.31. The summed E-state index contributed by atoms with van der Waals surface area (Å²) in [6.45, 7) is -0.552. The summed E-state index contributed by atoms with van der Waals surface area (Å²) in [4.78, 5) is 10.9. The van der Waals surface area contributed by atoms with Gasteiger partial charge in [0.2, 0.25) is 0 Å². The Kier molecular flexibility index (Phi) is 4.27. The predicted molar refractivity (Wildman–Crippen MR) is 71.8 cm³/mol. The predicted octanol–water partition coefficient (Wildman–Crippen LogP) is 3.05. The number of carbonyl (C=O) groups excluding carboxylic acids is 1. The number of hydrogen-bond acceptors (Lipinski definition) is 3. The van der Waals surface area contributed by atoms with E-state index in [2.05, 4.69) is 4.74 Å². The highest BCUT2D eigenvalue weighted by Gasteiger charge is 2.12. The second kappa shape index (κ2) is 6.12. The highest BCUT2D eigenvalue weighted by molar-refractivity contribution is 5.86. The average Bonchev–Trinajstić information content (AvgIpc) is 2.46. The van der Waals surface area contributed by atoms with Gasteiger partial charge in [0.1, 0.15) is 6.61 Å². The first-order chi connectivity index (χ1) is 9.61. The summed E-state index contributed by atoms with van der Waals surface area (Å²) in [5, 5.41) is 1.77. The van der Waals surface area contributed by atoms with Crippen molar-refractivity contribution in [3.63, 3.8) is 0 Å². The maximum Gasteiger partial charge on any atom is 0.421 e. The van der Waals surface area contributed by atoms with Gasteiger partial charge in [-0.3, -0.25) is 5.43 Å². The molecule has 2 aromatic rings. The smallest absolute Gasteiger partial charge is 0.421 e. The first kappa shape index (κ1) is 14.0. The maximum atomic E-state index is 13.0. The van der Waals surface area contributed by atoms with Crippen LogP contribution in [0.25, 0.3) is 16.3 Å². The second-order valence-corrected chi connectivity index (χ2v) is 4.02. The molecule has 3 N–H and O–H groups in total. The third-order valence-corrected chi connectivity index (χ3v) is 2.79. The molecule has 0 heterocycles. The molecule has 0 unspecified atom stereocenters. The van der Waals surface area contributed by atoms with Gasteiger partial charge in [0.15, 0.2) is 0 Å². The summed E-state index contributed by atoms with van der Waals surface area (Å²) < 4.78 is 30.5. The van der Waals surface area contributed by atoms with Gasteiger partial charge in [-0.1, -0.05) is 36.4 Å². The molecule has 0 aromatic heterocycles. The van der Waals surface area contributed by atoms with E-state index in [-0.39, 0.29) is 5.57 Å². The largest absolute Gasteiger partial charge is 0.444 e. The van der Waals surface area contributed by atoms with Crippen LogP contribution in [0.2, 0.25) is 0 Å². The Morgan fingerprint density at radius 2 is 1.85 bits per heavy atom. The van der Waals surface area contributed by atoms with E-state index in [1.54, 1.807) is 23.6 Å². The Hall–Kier alpha value is -2.47. The molecule has 0 spiro atoms. The number of ether oxygens (including phenoxy) is 1. The van der Waals surface area contributed by atoms with Crippen molar-refractivity contribution in [3.8, 4) is 0 Å². The Morgan fingerprint density at radius 3 is 2.50 bits per heavy atom. The number of nitrogens with two attached hydrogens (primary N) is 1. The summed E-state index contributed by atoms with van der Waals surface area (Å²) >= 11 is 0. The third-order valence-electron chi connectivity index (χ3n) is 2.79. The molecule has 0 radical (unpaired) electrons. The van der Waals surface area contributed by atoms with Gasteiger partial charge < -0.3 is 4.74 Å². The van der Waals surface area contributed by atoms with E-state index < -0.39 is 18.8 Å². The van der Waals surface area contributed by atoms with Crippen LogP contribution in [0, 0.1) is 0 Å². The minimum absolute atomic E-state index is 0.300. The summed E-state index contributed by atoms with van der Waals surface area (Å²) in [5.74, 6) is 4.82. The van der Waals surface area contributed by atoms with E-state index in [0.717, 1.165) is 10.8 Å². The molecule has 2 rings (SSSR count). The number of fused-ring (bicyclic) bond motifs is 1. The van der Waals surface area contributed by atoms with Gasteiger partial charge in [-0.05, 0) is 22.4 Å². The summed E-state index contributed by atoms with van der Waals surface area (Å²) in [5.41, 5.74) is 1.66. The lowest BCUT2D eigenvalue weighted by molar-refractivity contribution is 0.159. The monoisotopic (exact) mass is 278 g/mol. The fourth-order valence-electron chi connectivity index (χ4n) is 1.80. The van der Waals surface area contributed by atoms with Crippen LogP contribution in [-0.2, 0) is 4.74 Å². The number of halogens is 2. The topological polar surface area (TPSA) is 64.3 Å². The molecule has 0 saturated carbocycles. The van der Waals surface area contributed by atoms with Gasteiger partial charge in [-0.15, -0.1) is 0 Å². The minimum atomic E-state index is -1.90. The Balaban J connectivity index is 2.33. The zero-order valence-electron chi connectivity index (χ0n) is 10.4. The molecule has 6 heteroatoms. The van der Waals surface area contributed by atoms with Gasteiger partial charge in [-0.25, -0.2) is 10.6 Å². The number of rotatable bonds is 3. The summed E-state index contributed by atoms with van der Waals surface area (Å²) in [6.07, 6.45) is -2.87. The van der Waals surface area contributed by atoms with Crippen molar-refractivity contribution in [3.05, 3.63) is 54.1 Å². The van der Waals surface area contributed by atoms with E-state index in [1.165, 1.54) is 0 Å². The van der Waals surface area contributed by atoms with Crippen molar-refractivity contribution in [1.29, 1.82) is 0 Å². The molecule has 0 atom stereocenters. The Labute approximate surface area is 113 Å². The van der Waals surface area contributed by atoms with Crippen LogP contribution in [0.1, 0.15) is 5.56 Å². The van der Waals surface area contributed by atoms with Crippen LogP contribution >= 0.6 is 0 Å². The van der Waals surface area contributed by atoms with Gasteiger partial charge >= 0.3 is 6.09 Å². The van der Waals surface area contributed by atoms with Gasteiger partial charge in [-0.2, -0.15) is 8.78 Å². The average molecular weight is 278 g/mol. The Bertz CT molecular complexity index is 667. The van der Waals surface area contributed by atoms with Crippen molar-refractivity contribution in [2.75, 3.05) is 6.61 Å². The number of nitrogens with one attached hydrogen (secondary N) is 1. The number of amides is 1. The van der Waals surface area contributed by atoms with Crippen LogP contribution in [0.15, 0.2) is 48.5 Å². The number of benzene rings is 2. The fraction of sp³-hybridized carbons (Fsp3) is 0.0714. The molecule has 0 saturated heterocycles. The van der Waals surface area contributed by atoms with Gasteiger partial charge in [0, 0.05) is 0 Å². The van der Waals surface area contributed by atoms with Crippen molar-refractivity contribution in [2.24, 2.45) is 5.84 Å². The molecular formula is C14H12F2N2O2. The van der Waals surface area contributed by atoms with Crippen molar-refractivity contribution < 1.29 is 18.3 Å². The first-order valence-corrected chi connectivity index (χ1v) is 5.78. The molecule has 1 amide bonds. The zero-order chi connectivity index (χ0) is 14.5. The number of hydrogen-bond donors (Lipinski definition) is 2. The standard InChI is InChI=1S/C14H12F2N2O2/c15-13(16)12(8-20-14(19)18-17)11-6-5-9-3-1-2-4-10(9)7-11/h1-7H,8,17H2,(H,18,19). The maximum absolute atomic E-state index is 13.0. The zero-order valence-corrected chi connectivity index (χ0v) is 10.4. The van der Waals surface area contributed by atoms with Crippen LogP contribution < -0.4 is 11.3 Å². The van der Waals surface area contributed by atoms with Gasteiger partial charge in [0.25, 0.3) is 6.08 Å². The quantitative estimate of drug-likeness (QED) is 0.515. The highest BCUT2D eigenvalue weighted by atomic mass is 19.3. The molecule has 20 heavy (non-hydrogen) atoms. The van der Waals surface area contributed by atoms with Crippen LogP contribution in [-0.4, -0.2) is 12.7 Å². The summed E-state index contributed by atoms with van der Waals surface area (Å²) in [7, 11) is 0. The molecule has 2 aromatic carbocycles. The molecule has 0 fully saturated rings. The van der Waals surface area contributed by atoms with Crippen LogP contribution in [0.3, 0.4) is 0 Å². The second-order valence-electron chi connectivity index (χ2n) is 4.02. The first-order valence-electron chi connectivity index (χ1n) is 5.78. The molecule has 0 aliphatic carbocycles. The molecule has 104 valence electrons. The molecule has 0 aliphatic rings. The SMILES string of the molecule is NNC(=O)OCC(=C(F)F)c1ccc2ccccc2c1. The molecule has 4 nitrogen and oxygen atoms in total. The molecule has 0 bridgehead atoms. The van der Waals surface area contributed by atoms with Crippen molar-refractivity contribution in [2.45, 2.75) is 0 Å². The number of hydrazine groups is 1. The lowest BCUT2D eigenvalue weighted by atomic mass is 10.0. The minimum Gasteiger partial charge on any atom is -0.444 e. The normalized spacial score (nSPS) is 10.2. The number of carbonyl (C=O) groups is 1. The van der Waals surface area contributed by atoms with E-state index >= 15 is 0 Å². The third kappa shape index (κ3) is 3.10. The highest BCUT2D eigenvalue weighted by Crippen LogP contribution is 2.25. The van der Waals surface area contributed by atoms with E-state index in [4.69, 9.17) is 5.84 Å². The van der Waals surface area contributed by atoms with Crippen molar-refractivity contribution in [1.82, 2.24) is 5.43 Å². The van der Waals surface area contributed by atoms with Crippen molar-refractivity contribution >= 4 is 22.4 Å². The van der Waals surface area contributed by atoms with Gasteiger partial charge in [0.05, 0.1) is 5.57 Å². The van der Waals surface area contributed by atoms with E-state index in [1.807, 2.05) is 24.3 Å². The van der Waals surface area contributed by atoms with Crippen LogP contribution in [0.4, 0.5) is 13.6 Å². The van der Waals surface area contributed by atoms with E-state index in [9.17, 15) is 13.6 Å². The Morgan fingerprint density at radius 1 is 1.15 bits per heavy atom. The summed E-state index contributed by atoms with van der Waals surface area (Å²) in [6, 6.07) is 12.3. The molecular weight excluding hydrogens is 266 g/mol.